The Labute approximate surface area is 173 Å². The zero-order valence-corrected chi connectivity index (χ0v) is 16.4. The number of halogens is 5. The van der Waals surface area contributed by atoms with Crippen LogP contribution >= 0.6 is 11.6 Å². The minimum Gasteiger partial charge on any atom is -0.452 e. The van der Waals surface area contributed by atoms with Crippen LogP contribution in [-0.4, -0.2) is 23.3 Å². The zero-order valence-electron chi connectivity index (χ0n) is 15.6. The maximum atomic E-state index is 14.6. The number of ether oxygens (including phenoxy) is 1. The van der Waals surface area contributed by atoms with Crippen LogP contribution in [0.3, 0.4) is 0 Å². The number of amidine groups is 1. The van der Waals surface area contributed by atoms with Crippen LogP contribution in [-0.2, 0) is 16.7 Å². The number of fused-ring (bicyclic) bond motifs is 1. The first-order valence-electron chi connectivity index (χ1n) is 8.96. The van der Waals surface area contributed by atoms with Gasteiger partial charge in [0, 0.05) is 23.4 Å². The summed E-state index contributed by atoms with van der Waals surface area (Å²) in [7, 11) is 0. The molecule has 4 rings (SSSR count). The quantitative estimate of drug-likeness (QED) is 0.574. The Morgan fingerprint density at radius 2 is 2.00 bits per heavy atom. The Morgan fingerprint density at radius 1 is 1.23 bits per heavy atom. The SMILES string of the molecule is C[C@@]1(c2cc(Cc3nc4cc(Cl)ccc4o3)ccc2F)C[C@@H](C(F)(F)F)OC(N)=N1. The highest BCUT2D eigenvalue weighted by Gasteiger charge is 2.50. The summed E-state index contributed by atoms with van der Waals surface area (Å²) in [5.41, 5.74) is 5.62. The number of nitrogens with zero attached hydrogens (tertiary/aromatic N) is 2. The third kappa shape index (κ3) is 3.94. The van der Waals surface area contributed by atoms with E-state index in [2.05, 4.69) is 14.7 Å². The molecule has 158 valence electrons. The van der Waals surface area contributed by atoms with Crippen molar-refractivity contribution in [3.63, 3.8) is 0 Å². The van der Waals surface area contributed by atoms with Gasteiger partial charge < -0.3 is 14.9 Å². The van der Waals surface area contributed by atoms with Crippen LogP contribution in [0.1, 0.15) is 30.4 Å². The van der Waals surface area contributed by atoms with Gasteiger partial charge in [0.1, 0.15) is 11.3 Å². The van der Waals surface area contributed by atoms with Crippen LogP contribution in [0.15, 0.2) is 45.8 Å². The van der Waals surface area contributed by atoms with Gasteiger partial charge in [-0.15, -0.1) is 0 Å². The van der Waals surface area contributed by atoms with Crippen LogP contribution < -0.4 is 5.73 Å². The number of aromatic nitrogens is 1. The molecule has 1 aliphatic heterocycles. The first-order chi connectivity index (χ1) is 14.0. The van der Waals surface area contributed by atoms with Crippen molar-refractivity contribution >= 4 is 28.7 Å². The van der Waals surface area contributed by atoms with E-state index in [0.29, 0.717) is 27.6 Å². The second-order valence-electron chi connectivity index (χ2n) is 7.29. The van der Waals surface area contributed by atoms with Gasteiger partial charge in [-0.3, -0.25) is 0 Å². The predicted molar refractivity (Wildman–Crippen MR) is 103 cm³/mol. The molecular weight excluding hydrogens is 426 g/mol. The van der Waals surface area contributed by atoms with Gasteiger partial charge >= 0.3 is 6.18 Å². The van der Waals surface area contributed by atoms with E-state index in [1.54, 1.807) is 18.2 Å². The summed E-state index contributed by atoms with van der Waals surface area (Å²) in [6.45, 7) is 1.39. The number of hydrogen-bond acceptors (Lipinski definition) is 5. The maximum absolute atomic E-state index is 14.6. The molecule has 0 unspecified atom stereocenters. The third-order valence-electron chi connectivity index (χ3n) is 4.93. The van der Waals surface area contributed by atoms with E-state index in [0.717, 1.165) is 0 Å². The largest absolute Gasteiger partial charge is 0.452 e. The van der Waals surface area contributed by atoms with E-state index in [1.165, 1.54) is 25.1 Å². The summed E-state index contributed by atoms with van der Waals surface area (Å²) in [6, 6.07) is 8.51. The first kappa shape index (κ1) is 20.5. The molecule has 0 radical (unpaired) electrons. The summed E-state index contributed by atoms with van der Waals surface area (Å²) in [5, 5.41) is 0.508. The summed E-state index contributed by atoms with van der Waals surface area (Å²) in [5.74, 6) is -0.330. The molecule has 1 aliphatic rings. The second kappa shape index (κ2) is 7.16. The lowest BCUT2D eigenvalue weighted by Crippen LogP contribution is -2.46. The second-order valence-corrected chi connectivity index (χ2v) is 7.72. The van der Waals surface area contributed by atoms with E-state index in [4.69, 9.17) is 21.8 Å². The Morgan fingerprint density at radius 3 is 2.73 bits per heavy atom. The highest BCUT2D eigenvalue weighted by molar-refractivity contribution is 6.31. The molecular formula is C20H16ClF4N3O2. The molecule has 2 heterocycles. The van der Waals surface area contributed by atoms with Crippen molar-refractivity contribution in [3.8, 4) is 0 Å². The highest BCUT2D eigenvalue weighted by Crippen LogP contribution is 2.41. The summed E-state index contributed by atoms with van der Waals surface area (Å²) in [6.07, 6.45) is -7.23. The zero-order chi connectivity index (χ0) is 21.7. The fourth-order valence-corrected chi connectivity index (χ4v) is 3.68. The van der Waals surface area contributed by atoms with Crippen LogP contribution in [0.5, 0.6) is 0 Å². The third-order valence-corrected chi connectivity index (χ3v) is 5.16. The highest BCUT2D eigenvalue weighted by atomic mass is 35.5. The number of benzene rings is 2. The van der Waals surface area contributed by atoms with Gasteiger partial charge in [0.15, 0.2) is 17.6 Å². The van der Waals surface area contributed by atoms with Crippen molar-refractivity contribution in [2.24, 2.45) is 10.7 Å². The number of alkyl halides is 3. The smallest absolute Gasteiger partial charge is 0.425 e. The van der Waals surface area contributed by atoms with E-state index < -0.39 is 36.1 Å². The molecule has 30 heavy (non-hydrogen) atoms. The van der Waals surface area contributed by atoms with Gasteiger partial charge in [-0.05, 0) is 42.8 Å². The van der Waals surface area contributed by atoms with Gasteiger partial charge in [0.25, 0.3) is 6.02 Å². The molecule has 2 atom stereocenters. The van der Waals surface area contributed by atoms with E-state index >= 15 is 0 Å². The van der Waals surface area contributed by atoms with E-state index in [9.17, 15) is 17.6 Å². The van der Waals surface area contributed by atoms with Crippen LogP contribution in [0, 0.1) is 5.82 Å². The lowest BCUT2D eigenvalue weighted by atomic mass is 9.84. The van der Waals surface area contributed by atoms with Crippen molar-refractivity contribution in [3.05, 3.63) is 64.3 Å². The maximum Gasteiger partial charge on any atom is 0.425 e. The lowest BCUT2D eigenvalue weighted by molar-refractivity contribution is -0.208. The molecule has 0 spiro atoms. The van der Waals surface area contributed by atoms with Gasteiger partial charge in [-0.2, -0.15) is 13.2 Å². The summed E-state index contributed by atoms with van der Waals surface area (Å²) in [4.78, 5) is 8.33. The number of nitrogens with two attached hydrogens (primary N) is 1. The molecule has 0 saturated carbocycles. The minimum absolute atomic E-state index is 0.0142. The van der Waals surface area contributed by atoms with Gasteiger partial charge in [-0.1, -0.05) is 17.7 Å². The molecule has 0 aliphatic carbocycles. The van der Waals surface area contributed by atoms with E-state index in [-0.39, 0.29) is 12.0 Å². The summed E-state index contributed by atoms with van der Waals surface area (Å²) < 4.78 is 64.5. The first-order valence-corrected chi connectivity index (χ1v) is 9.34. The lowest BCUT2D eigenvalue weighted by Gasteiger charge is -2.36. The topological polar surface area (TPSA) is 73.6 Å². The van der Waals surface area contributed by atoms with Crippen molar-refractivity contribution in [2.45, 2.75) is 37.6 Å². The molecule has 5 nitrogen and oxygen atoms in total. The number of aliphatic imine (C=N–C) groups is 1. The number of hydrogen-bond donors (Lipinski definition) is 1. The Bertz CT molecular complexity index is 1140. The number of rotatable bonds is 3. The molecule has 2 aromatic carbocycles. The van der Waals surface area contributed by atoms with Gasteiger partial charge in [0.2, 0.25) is 0 Å². The van der Waals surface area contributed by atoms with Crippen LogP contribution in [0.2, 0.25) is 5.02 Å². The fourth-order valence-electron chi connectivity index (χ4n) is 3.51. The molecule has 0 saturated heterocycles. The standard InChI is InChI=1S/C20H16ClF4N3O2/c1-19(9-16(20(23,24)25)30-18(26)28-19)12-6-10(2-4-13(12)22)7-17-27-14-8-11(21)3-5-15(14)29-17/h2-6,8,16H,7,9H2,1H3,(H2,26,28)/t16-,19-/m0/s1. The van der Waals surface area contributed by atoms with Crippen molar-refractivity contribution in [1.82, 2.24) is 4.98 Å². The molecule has 10 heteroatoms. The monoisotopic (exact) mass is 441 g/mol. The number of oxazole rings is 1. The van der Waals surface area contributed by atoms with Crippen molar-refractivity contribution in [2.75, 3.05) is 0 Å². The van der Waals surface area contributed by atoms with Gasteiger partial charge in [0.05, 0.1) is 5.54 Å². The van der Waals surface area contributed by atoms with Gasteiger partial charge in [-0.25, -0.2) is 14.4 Å². The fraction of sp³-hybridized carbons (Fsp3) is 0.300. The van der Waals surface area contributed by atoms with Crippen LogP contribution in [0.4, 0.5) is 17.6 Å². The Kier molecular flexibility index (Phi) is 4.88. The molecule has 0 amide bonds. The Hall–Kier alpha value is -2.81. The molecule has 0 fully saturated rings. The predicted octanol–water partition coefficient (Wildman–Crippen LogP) is 5.09. The molecule has 2 N–H and O–H groups in total. The normalized spacial score (nSPS) is 22.1. The van der Waals surface area contributed by atoms with E-state index in [1.807, 2.05) is 0 Å². The van der Waals surface area contributed by atoms with Crippen molar-refractivity contribution < 1.29 is 26.7 Å². The molecule has 0 bridgehead atoms. The molecule has 3 aromatic rings. The van der Waals surface area contributed by atoms with Crippen molar-refractivity contribution in [1.29, 1.82) is 0 Å². The van der Waals surface area contributed by atoms with Crippen LogP contribution in [0.25, 0.3) is 11.1 Å². The molecule has 1 aromatic heterocycles. The average molecular weight is 442 g/mol. The summed E-state index contributed by atoms with van der Waals surface area (Å²) >= 11 is 5.95. The Balaban J connectivity index is 1.68. The average Bonchev–Trinajstić information content (AvgIpc) is 3.03. The minimum atomic E-state index is -4.66.